The zero-order valence-electron chi connectivity index (χ0n) is 18.1. The Morgan fingerprint density at radius 2 is 2.03 bits per heavy atom. The summed E-state index contributed by atoms with van der Waals surface area (Å²) in [6.45, 7) is 12.5. The Hall–Kier alpha value is -2.03. The predicted octanol–water partition coefficient (Wildman–Crippen LogP) is 4.14. The lowest BCUT2D eigenvalue weighted by molar-refractivity contribution is -0.0396. The van der Waals surface area contributed by atoms with Gasteiger partial charge in [0.05, 0.1) is 35.6 Å². The van der Waals surface area contributed by atoms with Crippen LogP contribution in [0.4, 0.5) is 11.6 Å². The maximum atomic E-state index is 6.21. The van der Waals surface area contributed by atoms with Crippen LogP contribution in [0, 0.1) is 0 Å². The summed E-state index contributed by atoms with van der Waals surface area (Å²) in [7, 11) is 0. The minimum Gasteiger partial charge on any atom is -0.378 e. The van der Waals surface area contributed by atoms with Crippen LogP contribution >= 0.6 is 11.3 Å². The van der Waals surface area contributed by atoms with Gasteiger partial charge in [0.25, 0.3) is 0 Å². The van der Waals surface area contributed by atoms with Gasteiger partial charge in [-0.05, 0) is 32.8 Å². The van der Waals surface area contributed by atoms with Gasteiger partial charge in [-0.2, -0.15) is 0 Å². The third-order valence-corrected chi connectivity index (χ3v) is 7.19. The summed E-state index contributed by atoms with van der Waals surface area (Å²) in [5.74, 6) is 1.96. The largest absolute Gasteiger partial charge is 0.378 e. The molecule has 0 aromatic carbocycles. The highest BCUT2D eigenvalue weighted by molar-refractivity contribution is 7.26. The van der Waals surface area contributed by atoms with E-state index in [0.717, 1.165) is 65.8 Å². The third kappa shape index (κ3) is 3.40. The molecule has 0 amide bonds. The van der Waals surface area contributed by atoms with Gasteiger partial charge in [0, 0.05) is 36.5 Å². The first-order chi connectivity index (χ1) is 14.5. The number of pyridine rings is 1. The summed E-state index contributed by atoms with van der Waals surface area (Å²) < 4.78 is 12.9. The Morgan fingerprint density at radius 1 is 1.23 bits per heavy atom. The Morgan fingerprint density at radius 3 is 2.80 bits per heavy atom. The van der Waals surface area contributed by atoms with Crippen molar-refractivity contribution in [2.24, 2.45) is 0 Å². The van der Waals surface area contributed by atoms with Crippen molar-refractivity contribution in [2.75, 3.05) is 36.5 Å². The highest BCUT2D eigenvalue weighted by Gasteiger charge is 2.33. The average molecular weight is 428 g/mol. The molecular formula is C22H29N5O2S. The highest BCUT2D eigenvalue weighted by atomic mass is 32.1. The van der Waals surface area contributed by atoms with E-state index in [4.69, 9.17) is 19.4 Å². The molecule has 160 valence electrons. The molecule has 2 aliphatic heterocycles. The first kappa shape index (κ1) is 19.9. The number of ether oxygens (including phenoxy) is 2. The van der Waals surface area contributed by atoms with Gasteiger partial charge in [-0.3, -0.25) is 0 Å². The Bertz CT molecular complexity index is 1090. The molecule has 1 saturated heterocycles. The summed E-state index contributed by atoms with van der Waals surface area (Å²) >= 11 is 1.69. The number of nitrogens with one attached hydrogen (secondary N) is 1. The standard InChI is InChI=1S/C22H29N5O2S/c1-5-13(2)25-19-18-17(23-12-24-19)16-14-10-22(3,4)29-11-15(14)20(26-21(16)30-18)27-6-8-28-9-7-27/h12-13H,5-11H2,1-4H3,(H,23,24,25). The molecule has 0 aliphatic carbocycles. The van der Waals surface area contributed by atoms with Crippen LogP contribution in [-0.2, 0) is 22.5 Å². The minimum atomic E-state index is -0.206. The molecule has 0 radical (unpaired) electrons. The van der Waals surface area contributed by atoms with E-state index in [2.05, 4.69) is 42.9 Å². The fraction of sp³-hybridized carbons (Fsp3) is 0.591. The fourth-order valence-electron chi connectivity index (χ4n) is 4.26. The first-order valence-corrected chi connectivity index (χ1v) is 11.6. The van der Waals surface area contributed by atoms with Gasteiger partial charge < -0.3 is 19.7 Å². The van der Waals surface area contributed by atoms with Crippen molar-refractivity contribution in [1.82, 2.24) is 15.0 Å². The number of nitrogens with zero attached hydrogens (tertiary/aromatic N) is 4. The summed E-state index contributed by atoms with van der Waals surface area (Å²) in [5.41, 5.74) is 3.34. The van der Waals surface area contributed by atoms with E-state index >= 15 is 0 Å². The maximum Gasteiger partial charge on any atom is 0.147 e. The molecule has 2 aliphatic rings. The highest BCUT2D eigenvalue weighted by Crippen LogP contribution is 2.44. The first-order valence-electron chi connectivity index (χ1n) is 10.8. The molecule has 1 unspecified atom stereocenters. The van der Waals surface area contributed by atoms with Crippen LogP contribution in [0.5, 0.6) is 0 Å². The van der Waals surface area contributed by atoms with Gasteiger partial charge >= 0.3 is 0 Å². The topological polar surface area (TPSA) is 72.4 Å². The molecule has 1 fully saturated rings. The number of thiophene rings is 1. The van der Waals surface area contributed by atoms with Gasteiger partial charge in [0.1, 0.15) is 22.8 Å². The van der Waals surface area contributed by atoms with E-state index in [9.17, 15) is 0 Å². The number of hydrogen-bond donors (Lipinski definition) is 1. The lowest BCUT2D eigenvalue weighted by Crippen LogP contribution is -2.39. The molecule has 0 saturated carbocycles. The van der Waals surface area contributed by atoms with Crippen molar-refractivity contribution in [3.8, 4) is 0 Å². The van der Waals surface area contributed by atoms with Crippen molar-refractivity contribution in [3.63, 3.8) is 0 Å². The molecule has 1 atom stereocenters. The second-order valence-corrected chi connectivity index (χ2v) is 9.85. The summed E-state index contributed by atoms with van der Waals surface area (Å²) in [6, 6.07) is 0.353. The van der Waals surface area contributed by atoms with Crippen LogP contribution in [0.3, 0.4) is 0 Å². The van der Waals surface area contributed by atoms with Crippen LogP contribution in [0.1, 0.15) is 45.2 Å². The number of fused-ring (bicyclic) bond motifs is 5. The minimum absolute atomic E-state index is 0.206. The van der Waals surface area contributed by atoms with Crippen LogP contribution in [0.15, 0.2) is 6.33 Å². The van der Waals surface area contributed by atoms with Crippen LogP contribution < -0.4 is 10.2 Å². The molecular weight excluding hydrogens is 398 g/mol. The third-order valence-electron chi connectivity index (χ3n) is 6.11. The number of aromatic nitrogens is 3. The molecule has 7 nitrogen and oxygen atoms in total. The smallest absolute Gasteiger partial charge is 0.147 e. The van der Waals surface area contributed by atoms with Gasteiger partial charge in [-0.25, -0.2) is 15.0 Å². The van der Waals surface area contributed by atoms with Crippen molar-refractivity contribution >= 4 is 43.4 Å². The Balaban J connectivity index is 1.74. The second-order valence-electron chi connectivity index (χ2n) is 8.85. The van der Waals surface area contributed by atoms with Crippen LogP contribution in [0.25, 0.3) is 20.4 Å². The SMILES string of the molecule is CCC(C)Nc1ncnc2c1sc1nc(N3CCOCC3)c3c(c12)CC(C)(C)OC3. The van der Waals surface area contributed by atoms with E-state index in [0.29, 0.717) is 12.6 Å². The molecule has 0 spiro atoms. The number of morpholine rings is 1. The van der Waals surface area contributed by atoms with E-state index < -0.39 is 0 Å². The summed E-state index contributed by atoms with van der Waals surface area (Å²) in [6.07, 6.45) is 3.56. The van der Waals surface area contributed by atoms with Crippen LogP contribution in [0.2, 0.25) is 0 Å². The van der Waals surface area contributed by atoms with Crippen molar-refractivity contribution in [2.45, 2.75) is 58.8 Å². The molecule has 3 aromatic rings. The number of anilines is 2. The van der Waals surface area contributed by atoms with E-state index in [-0.39, 0.29) is 5.60 Å². The quantitative estimate of drug-likeness (QED) is 0.671. The predicted molar refractivity (Wildman–Crippen MR) is 122 cm³/mol. The Kier molecular flexibility index (Phi) is 5.03. The number of hydrogen-bond acceptors (Lipinski definition) is 8. The zero-order valence-corrected chi connectivity index (χ0v) is 18.9. The van der Waals surface area contributed by atoms with E-state index in [1.807, 2.05) is 0 Å². The molecule has 8 heteroatoms. The van der Waals surface area contributed by atoms with Gasteiger partial charge in [0.2, 0.25) is 0 Å². The van der Waals surface area contributed by atoms with Crippen LogP contribution in [-0.4, -0.2) is 52.9 Å². The van der Waals surface area contributed by atoms with Gasteiger partial charge in [0.15, 0.2) is 0 Å². The lowest BCUT2D eigenvalue weighted by atomic mass is 9.90. The molecule has 5 rings (SSSR count). The van der Waals surface area contributed by atoms with E-state index in [1.54, 1.807) is 17.7 Å². The average Bonchev–Trinajstić information content (AvgIpc) is 3.13. The lowest BCUT2D eigenvalue weighted by Gasteiger charge is -2.36. The van der Waals surface area contributed by atoms with Crippen molar-refractivity contribution < 1.29 is 9.47 Å². The molecule has 30 heavy (non-hydrogen) atoms. The van der Waals surface area contributed by atoms with Gasteiger partial charge in [-0.1, -0.05) is 6.92 Å². The second kappa shape index (κ2) is 7.59. The molecule has 0 bridgehead atoms. The fourth-order valence-corrected chi connectivity index (χ4v) is 5.37. The Labute approximate surface area is 180 Å². The van der Waals surface area contributed by atoms with Gasteiger partial charge in [-0.15, -0.1) is 11.3 Å². The monoisotopic (exact) mass is 427 g/mol. The summed E-state index contributed by atoms with van der Waals surface area (Å²) in [4.78, 5) is 17.8. The van der Waals surface area contributed by atoms with Crippen molar-refractivity contribution in [1.29, 1.82) is 0 Å². The zero-order chi connectivity index (χ0) is 20.9. The van der Waals surface area contributed by atoms with Crippen molar-refractivity contribution in [3.05, 3.63) is 17.5 Å². The molecule has 1 N–H and O–H groups in total. The molecule has 5 heterocycles. The summed E-state index contributed by atoms with van der Waals surface area (Å²) in [5, 5.41) is 4.72. The van der Waals surface area contributed by atoms with E-state index in [1.165, 1.54) is 16.5 Å². The molecule has 3 aromatic heterocycles. The normalized spacial score (nSPS) is 19.8. The number of rotatable bonds is 4. The maximum absolute atomic E-state index is 6.21.